The number of aromatic nitrogens is 1. The van der Waals surface area contributed by atoms with Crippen LogP contribution in [0.25, 0.3) is 0 Å². The van der Waals surface area contributed by atoms with Gasteiger partial charge < -0.3 is 0 Å². The Bertz CT molecular complexity index is 876. The van der Waals surface area contributed by atoms with Crippen LogP contribution < -0.4 is 4.31 Å². The first-order valence-corrected chi connectivity index (χ1v) is 9.42. The molecule has 0 aliphatic rings. The van der Waals surface area contributed by atoms with Gasteiger partial charge in [-0.3, -0.25) is 0 Å². The summed E-state index contributed by atoms with van der Waals surface area (Å²) in [6, 6.07) is 16.3. The van der Waals surface area contributed by atoms with Gasteiger partial charge in [0.25, 0.3) is 10.0 Å². The van der Waals surface area contributed by atoms with Crippen LogP contribution in [0.3, 0.4) is 0 Å². The molecule has 0 aliphatic carbocycles. The highest BCUT2D eigenvalue weighted by Gasteiger charge is 2.26. The summed E-state index contributed by atoms with van der Waals surface area (Å²) >= 11 is 1.31. The van der Waals surface area contributed by atoms with E-state index >= 15 is 0 Å². The summed E-state index contributed by atoms with van der Waals surface area (Å²) in [4.78, 5) is 4.46. The molecule has 1 aromatic heterocycles. The molecule has 0 radical (unpaired) electrons. The fraction of sp³-hybridized carbons (Fsp3) is 0.118. The van der Waals surface area contributed by atoms with Gasteiger partial charge in [0, 0.05) is 11.6 Å². The van der Waals surface area contributed by atoms with E-state index in [2.05, 4.69) is 4.98 Å². The number of benzene rings is 2. The van der Waals surface area contributed by atoms with Crippen molar-refractivity contribution in [1.82, 2.24) is 4.98 Å². The van der Waals surface area contributed by atoms with E-state index in [1.807, 2.05) is 31.2 Å². The number of hydrogen-bond acceptors (Lipinski definition) is 4. The molecular weight excluding hydrogens is 328 g/mol. The smallest absolute Gasteiger partial charge is 0.237 e. The van der Waals surface area contributed by atoms with Crippen molar-refractivity contribution in [3.8, 4) is 0 Å². The van der Waals surface area contributed by atoms with Gasteiger partial charge in [0.05, 0.1) is 11.4 Å². The van der Waals surface area contributed by atoms with Gasteiger partial charge in [-0.2, -0.15) is 0 Å². The van der Waals surface area contributed by atoms with Crippen molar-refractivity contribution in [2.45, 2.75) is 18.4 Å². The lowest BCUT2D eigenvalue weighted by molar-refractivity contribution is 0.590. The lowest BCUT2D eigenvalue weighted by Crippen LogP contribution is -2.30. The fourth-order valence-corrected chi connectivity index (χ4v) is 4.59. The molecule has 0 spiro atoms. The molecule has 6 heteroatoms. The van der Waals surface area contributed by atoms with Crippen LogP contribution in [-0.4, -0.2) is 13.4 Å². The minimum absolute atomic E-state index is 0.256. The molecule has 3 aromatic rings. The van der Waals surface area contributed by atoms with Crippen LogP contribution in [0, 0.1) is 6.92 Å². The third-order valence-corrected chi connectivity index (χ3v) is 6.03. The molecule has 0 saturated carbocycles. The first kappa shape index (κ1) is 15.7. The average Bonchev–Trinajstić information content (AvgIpc) is 3.07. The summed E-state index contributed by atoms with van der Waals surface area (Å²) < 4.78 is 27.4. The largest absolute Gasteiger partial charge is 0.266 e. The molecule has 0 fully saturated rings. The molecule has 3 rings (SSSR count). The minimum Gasteiger partial charge on any atom is -0.237 e. The number of aryl methyl sites for hydroxylation is 1. The van der Waals surface area contributed by atoms with E-state index in [9.17, 15) is 8.42 Å². The molecule has 0 N–H and O–H groups in total. The average molecular weight is 344 g/mol. The summed E-state index contributed by atoms with van der Waals surface area (Å²) in [6.07, 6.45) is 1.61. The van der Waals surface area contributed by atoms with E-state index in [1.54, 1.807) is 41.9 Å². The SMILES string of the molecule is Cc1cccc(CN(c2nccs2)S(=O)(=O)c2ccccc2)c1. The zero-order chi connectivity index (χ0) is 16.3. The van der Waals surface area contributed by atoms with E-state index in [-0.39, 0.29) is 11.4 Å². The van der Waals surface area contributed by atoms with Crippen LogP contribution in [0.5, 0.6) is 0 Å². The second kappa shape index (κ2) is 6.52. The Balaban J connectivity index is 2.03. The second-order valence-corrected chi connectivity index (χ2v) is 7.86. The summed E-state index contributed by atoms with van der Waals surface area (Å²) in [5.74, 6) is 0. The fourth-order valence-electron chi connectivity index (χ4n) is 2.29. The van der Waals surface area contributed by atoms with Crippen LogP contribution in [0.2, 0.25) is 0 Å². The Morgan fingerprint density at radius 3 is 2.52 bits per heavy atom. The molecule has 1 heterocycles. The molecule has 0 unspecified atom stereocenters. The molecule has 0 saturated heterocycles. The molecule has 23 heavy (non-hydrogen) atoms. The third-order valence-electron chi connectivity index (χ3n) is 3.37. The van der Waals surface area contributed by atoms with E-state index in [4.69, 9.17) is 0 Å². The van der Waals surface area contributed by atoms with Crippen molar-refractivity contribution in [3.05, 3.63) is 77.3 Å². The molecule has 118 valence electrons. The number of hydrogen-bond donors (Lipinski definition) is 0. The minimum atomic E-state index is -3.65. The topological polar surface area (TPSA) is 50.3 Å². The highest BCUT2D eigenvalue weighted by Crippen LogP contribution is 2.27. The van der Waals surface area contributed by atoms with Gasteiger partial charge in [0.2, 0.25) is 0 Å². The lowest BCUT2D eigenvalue weighted by Gasteiger charge is -2.22. The van der Waals surface area contributed by atoms with Gasteiger partial charge >= 0.3 is 0 Å². The number of thiazole rings is 1. The first-order valence-electron chi connectivity index (χ1n) is 7.10. The number of anilines is 1. The number of nitrogens with zero attached hydrogens (tertiary/aromatic N) is 2. The van der Waals surface area contributed by atoms with Crippen molar-refractivity contribution in [2.24, 2.45) is 0 Å². The number of rotatable bonds is 5. The summed E-state index contributed by atoms with van der Waals surface area (Å²) in [5, 5.41) is 2.24. The van der Waals surface area contributed by atoms with E-state index < -0.39 is 10.0 Å². The molecule has 0 atom stereocenters. The molecular formula is C17H16N2O2S2. The summed E-state index contributed by atoms with van der Waals surface area (Å²) in [5.41, 5.74) is 2.03. The van der Waals surface area contributed by atoms with E-state index in [0.717, 1.165) is 11.1 Å². The monoisotopic (exact) mass is 344 g/mol. The standard InChI is InChI=1S/C17H16N2O2S2/c1-14-6-5-7-15(12-14)13-19(17-18-10-11-22-17)23(20,21)16-8-3-2-4-9-16/h2-12H,13H2,1H3. The van der Waals surface area contributed by atoms with Crippen LogP contribution in [0.15, 0.2) is 71.1 Å². The molecule has 2 aromatic carbocycles. The Morgan fingerprint density at radius 1 is 1.09 bits per heavy atom. The zero-order valence-electron chi connectivity index (χ0n) is 12.6. The normalized spacial score (nSPS) is 11.3. The van der Waals surface area contributed by atoms with Crippen LogP contribution in [0.1, 0.15) is 11.1 Å². The van der Waals surface area contributed by atoms with Crippen LogP contribution in [-0.2, 0) is 16.6 Å². The Labute approximate surface area is 140 Å². The number of sulfonamides is 1. The van der Waals surface area contributed by atoms with Crippen molar-refractivity contribution >= 4 is 26.5 Å². The van der Waals surface area contributed by atoms with Crippen LogP contribution in [0.4, 0.5) is 5.13 Å². The van der Waals surface area contributed by atoms with Gasteiger partial charge in [0.1, 0.15) is 0 Å². The van der Waals surface area contributed by atoms with Crippen molar-refractivity contribution < 1.29 is 8.42 Å². The summed E-state index contributed by atoms with van der Waals surface area (Å²) in [7, 11) is -3.65. The van der Waals surface area contributed by atoms with Crippen molar-refractivity contribution in [2.75, 3.05) is 4.31 Å². The molecule has 0 amide bonds. The highest BCUT2D eigenvalue weighted by atomic mass is 32.2. The maximum atomic E-state index is 13.0. The van der Waals surface area contributed by atoms with Gasteiger partial charge in [0.15, 0.2) is 5.13 Å². The third kappa shape index (κ3) is 3.43. The lowest BCUT2D eigenvalue weighted by atomic mass is 10.1. The summed E-state index contributed by atoms with van der Waals surface area (Å²) in [6.45, 7) is 2.25. The predicted octanol–water partition coefficient (Wildman–Crippen LogP) is 3.85. The van der Waals surface area contributed by atoms with Crippen molar-refractivity contribution in [3.63, 3.8) is 0 Å². The molecule has 0 bridgehead atoms. The Morgan fingerprint density at radius 2 is 1.87 bits per heavy atom. The van der Waals surface area contributed by atoms with Gasteiger partial charge in [-0.15, -0.1) is 11.3 Å². The van der Waals surface area contributed by atoms with E-state index in [0.29, 0.717) is 5.13 Å². The predicted molar refractivity (Wildman–Crippen MR) is 93.1 cm³/mol. The quantitative estimate of drug-likeness (QED) is 0.706. The Hall–Kier alpha value is -2.18. The van der Waals surface area contributed by atoms with Crippen LogP contribution >= 0.6 is 11.3 Å². The molecule has 0 aliphatic heterocycles. The Kier molecular flexibility index (Phi) is 4.45. The van der Waals surface area contributed by atoms with Gasteiger partial charge in [-0.05, 0) is 24.6 Å². The zero-order valence-corrected chi connectivity index (χ0v) is 14.2. The van der Waals surface area contributed by atoms with Crippen molar-refractivity contribution in [1.29, 1.82) is 0 Å². The maximum absolute atomic E-state index is 13.0. The first-order chi connectivity index (χ1) is 11.1. The maximum Gasteiger partial charge on any atom is 0.266 e. The highest BCUT2D eigenvalue weighted by molar-refractivity contribution is 7.93. The second-order valence-electron chi connectivity index (χ2n) is 5.13. The van der Waals surface area contributed by atoms with Gasteiger partial charge in [-0.1, -0.05) is 48.0 Å². The van der Waals surface area contributed by atoms with E-state index in [1.165, 1.54) is 15.6 Å². The molecule has 4 nitrogen and oxygen atoms in total. The van der Waals surface area contributed by atoms with Gasteiger partial charge in [-0.25, -0.2) is 17.7 Å².